The van der Waals surface area contributed by atoms with Gasteiger partial charge in [0.1, 0.15) is 13.2 Å². The lowest BCUT2D eigenvalue weighted by molar-refractivity contribution is -0.257. The van der Waals surface area contributed by atoms with Crippen LogP contribution in [-0.4, -0.2) is 35.9 Å². The highest BCUT2D eigenvalue weighted by molar-refractivity contribution is 5.69. The second kappa shape index (κ2) is 7.22. The van der Waals surface area contributed by atoms with Gasteiger partial charge in [-0.3, -0.25) is 4.79 Å². The Balaban J connectivity index is 2.30. The Morgan fingerprint density at radius 1 is 1.26 bits per heavy atom. The normalized spacial score (nSPS) is 25.5. The average Bonchev–Trinajstić information content (AvgIpc) is 2.65. The molecule has 1 fully saturated rings. The van der Waals surface area contributed by atoms with Gasteiger partial charge in [-0.25, -0.2) is 0 Å². The summed E-state index contributed by atoms with van der Waals surface area (Å²) in [6.45, 7) is 5.28. The van der Waals surface area contributed by atoms with Crippen LogP contribution in [0.4, 0.5) is 0 Å². The number of esters is 1. The third kappa shape index (κ3) is 5.47. The number of rotatable bonds is 8. The largest absolute Gasteiger partial charge is 0.428 e. The lowest BCUT2D eigenvalue weighted by Crippen LogP contribution is -2.42. The molecule has 0 saturated carbocycles. The van der Waals surface area contributed by atoms with E-state index in [2.05, 4.69) is 6.92 Å². The summed E-state index contributed by atoms with van der Waals surface area (Å²) in [5.74, 6) is -2.50. The standard InChI is InChI=1S/C14H26O5/c1-4-5-6-7-8-9-12(16)18-14(10-15)11-17-13(2,3)19-14/h15H,4-11H2,1-3H3. The molecule has 0 bridgehead atoms. The molecule has 0 aromatic rings. The first-order chi connectivity index (χ1) is 8.93. The Labute approximate surface area is 115 Å². The van der Waals surface area contributed by atoms with E-state index in [9.17, 15) is 9.90 Å². The van der Waals surface area contributed by atoms with Crippen LogP contribution in [0, 0.1) is 0 Å². The molecule has 1 atom stereocenters. The average molecular weight is 274 g/mol. The highest BCUT2D eigenvalue weighted by Crippen LogP contribution is 2.32. The molecule has 0 radical (unpaired) electrons. The van der Waals surface area contributed by atoms with Crippen LogP contribution in [0.2, 0.25) is 0 Å². The SMILES string of the molecule is CCCCCCCC(=O)OC1(CO)COC(C)(C)O1. The molecule has 1 heterocycles. The van der Waals surface area contributed by atoms with Gasteiger partial charge >= 0.3 is 5.97 Å². The van der Waals surface area contributed by atoms with E-state index in [1.807, 2.05) is 0 Å². The van der Waals surface area contributed by atoms with Crippen molar-refractivity contribution in [3.63, 3.8) is 0 Å². The number of hydrogen-bond donors (Lipinski definition) is 1. The smallest absolute Gasteiger partial charge is 0.308 e. The third-order valence-electron chi connectivity index (χ3n) is 3.10. The maximum Gasteiger partial charge on any atom is 0.308 e. The maximum absolute atomic E-state index is 11.7. The Kier molecular flexibility index (Phi) is 6.23. The molecule has 1 N–H and O–H groups in total. The molecule has 1 unspecified atom stereocenters. The van der Waals surface area contributed by atoms with Crippen LogP contribution in [-0.2, 0) is 19.0 Å². The lowest BCUT2D eigenvalue weighted by atomic mass is 10.1. The predicted octanol–water partition coefficient (Wildman–Crippen LogP) is 2.36. The van der Waals surface area contributed by atoms with E-state index in [4.69, 9.17) is 14.2 Å². The minimum Gasteiger partial charge on any atom is -0.428 e. The van der Waals surface area contributed by atoms with Crippen molar-refractivity contribution >= 4 is 5.97 Å². The second-order valence-electron chi connectivity index (χ2n) is 5.50. The number of carbonyl (C=O) groups excluding carboxylic acids is 1. The quantitative estimate of drug-likeness (QED) is 0.543. The fourth-order valence-corrected chi connectivity index (χ4v) is 2.08. The van der Waals surface area contributed by atoms with Crippen molar-refractivity contribution < 1.29 is 24.1 Å². The molecule has 0 aromatic carbocycles. The summed E-state index contributed by atoms with van der Waals surface area (Å²) in [7, 11) is 0. The van der Waals surface area contributed by atoms with Gasteiger partial charge < -0.3 is 19.3 Å². The van der Waals surface area contributed by atoms with Gasteiger partial charge in [-0.15, -0.1) is 0 Å². The summed E-state index contributed by atoms with van der Waals surface area (Å²) in [5.41, 5.74) is 0. The van der Waals surface area contributed by atoms with E-state index in [0.29, 0.717) is 6.42 Å². The molecule has 0 aliphatic carbocycles. The molecule has 112 valence electrons. The zero-order valence-electron chi connectivity index (χ0n) is 12.2. The Morgan fingerprint density at radius 2 is 1.95 bits per heavy atom. The summed E-state index contributed by atoms with van der Waals surface area (Å²) >= 11 is 0. The van der Waals surface area contributed by atoms with E-state index < -0.39 is 18.2 Å². The van der Waals surface area contributed by atoms with Gasteiger partial charge in [0.2, 0.25) is 0 Å². The van der Waals surface area contributed by atoms with Gasteiger partial charge in [-0.1, -0.05) is 32.6 Å². The third-order valence-corrected chi connectivity index (χ3v) is 3.10. The fraction of sp³-hybridized carbons (Fsp3) is 0.929. The van der Waals surface area contributed by atoms with Gasteiger partial charge in [0.15, 0.2) is 5.79 Å². The van der Waals surface area contributed by atoms with Crippen molar-refractivity contribution in [2.45, 2.75) is 70.9 Å². The molecule has 1 aliphatic rings. The number of ether oxygens (including phenoxy) is 3. The Bertz CT molecular complexity index is 290. The highest BCUT2D eigenvalue weighted by atomic mass is 16.8. The van der Waals surface area contributed by atoms with E-state index in [1.165, 1.54) is 12.8 Å². The first-order valence-corrected chi connectivity index (χ1v) is 7.10. The molecule has 1 rings (SSSR count). The first-order valence-electron chi connectivity index (χ1n) is 7.10. The fourth-order valence-electron chi connectivity index (χ4n) is 2.08. The molecule has 1 aliphatic heterocycles. The summed E-state index contributed by atoms with van der Waals surface area (Å²) in [5, 5.41) is 9.36. The van der Waals surface area contributed by atoms with Crippen LogP contribution < -0.4 is 0 Å². The molecule has 5 nitrogen and oxygen atoms in total. The zero-order chi connectivity index (χ0) is 14.4. The molecular weight excluding hydrogens is 248 g/mol. The molecule has 0 aromatic heterocycles. The van der Waals surface area contributed by atoms with E-state index in [-0.39, 0.29) is 12.6 Å². The summed E-state index contributed by atoms with van der Waals surface area (Å²) in [4.78, 5) is 11.7. The summed E-state index contributed by atoms with van der Waals surface area (Å²) in [6.07, 6.45) is 5.71. The molecule has 0 amide bonds. The number of carbonyl (C=O) groups is 1. The summed E-state index contributed by atoms with van der Waals surface area (Å²) in [6, 6.07) is 0. The van der Waals surface area contributed by atoms with Crippen molar-refractivity contribution in [1.29, 1.82) is 0 Å². The van der Waals surface area contributed by atoms with Crippen molar-refractivity contribution in [3.05, 3.63) is 0 Å². The Morgan fingerprint density at radius 3 is 2.47 bits per heavy atom. The second-order valence-corrected chi connectivity index (χ2v) is 5.50. The van der Waals surface area contributed by atoms with Gasteiger partial charge in [-0.05, 0) is 20.3 Å². The molecule has 1 saturated heterocycles. The van der Waals surface area contributed by atoms with Crippen molar-refractivity contribution in [1.82, 2.24) is 0 Å². The molecule has 5 heteroatoms. The Hall–Kier alpha value is -0.650. The van der Waals surface area contributed by atoms with Crippen LogP contribution in [0.15, 0.2) is 0 Å². The van der Waals surface area contributed by atoms with Gasteiger partial charge in [-0.2, -0.15) is 0 Å². The lowest BCUT2D eigenvalue weighted by Gasteiger charge is -2.26. The van der Waals surface area contributed by atoms with Crippen LogP contribution in [0.1, 0.15) is 59.3 Å². The monoisotopic (exact) mass is 274 g/mol. The predicted molar refractivity (Wildman–Crippen MR) is 70.4 cm³/mol. The van der Waals surface area contributed by atoms with Crippen LogP contribution in [0.5, 0.6) is 0 Å². The summed E-state index contributed by atoms with van der Waals surface area (Å²) < 4.78 is 16.1. The topological polar surface area (TPSA) is 65.0 Å². The minimum atomic E-state index is -1.33. The van der Waals surface area contributed by atoms with Crippen LogP contribution in [0.3, 0.4) is 0 Å². The van der Waals surface area contributed by atoms with E-state index >= 15 is 0 Å². The van der Waals surface area contributed by atoms with Crippen molar-refractivity contribution in [2.75, 3.05) is 13.2 Å². The molecule has 19 heavy (non-hydrogen) atoms. The van der Waals surface area contributed by atoms with Gasteiger partial charge in [0.05, 0.1) is 0 Å². The highest BCUT2D eigenvalue weighted by Gasteiger charge is 2.48. The van der Waals surface area contributed by atoms with Gasteiger partial charge in [0.25, 0.3) is 5.79 Å². The van der Waals surface area contributed by atoms with E-state index in [0.717, 1.165) is 19.3 Å². The zero-order valence-corrected chi connectivity index (χ0v) is 12.2. The van der Waals surface area contributed by atoms with Crippen molar-refractivity contribution in [2.24, 2.45) is 0 Å². The molecule has 0 spiro atoms. The maximum atomic E-state index is 11.7. The van der Waals surface area contributed by atoms with Crippen molar-refractivity contribution in [3.8, 4) is 0 Å². The number of unbranched alkanes of at least 4 members (excludes halogenated alkanes) is 4. The first kappa shape index (κ1) is 16.4. The van der Waals surface area contributed by atoms with Gasteiger partial charge in [0, 0.05) is 6.42 Å². The minimum absolute atomic E-state index is 0.0675. The number of aliphatic hydroxyl groups is 1. The van der Waals surface area contributed by atoms with Crippen LogP contribution in [0.25, 0.3) is 0 Å². The molecular formula is C14H26O5. The number of hydrogen-bond acceptors (Lipinski definition) is 5. The van der Waals surface area contributed by atoms with E-state index in [1.54, 1.807) is 13.8 Å². The number of aliphatic hydroxyl groups excluding tert-OH is 1. The van der Waals surface area contributed by atoms with Crippen LogP contribution >= 0.6 is 0 Å².